The van der Waals surface area contributed by atoms with E-state index in [0.717, 1.165) is 17.7 Å². The highest BCUT2D eigenvalue weighted by atomic mass is 32.2. The van der Waals surface area contributed by atoms with Gasteiger partial charge in [0.1, 0.15) is 0 Å². The molecule has 0 amide bonds. The lowest BCUT2D eigenvalue weighted by Gasteiger charge is -2.32. The molecule has 2 aromatic rings. The number of hydrogen-bond acceptors (Lipinski definition) is 3. The number of hydrogen-bond donors (Lipinski definition) is 1. The molecule has 0 saturated carbocycles. The van der Waals surface area contributed by atoms with Crippen LogP contribution in [0.4, 0.5) is 0 Å². The Bertz CT molecular complexity index is 848. The fraction of sp³-hybridized carbons (Fsp3) is 0.238. The summed E-state index contributed by atoms with van der Waals surface area (Å²) in [5.74, 6) is 0.108. The largest absolute Gasteiger partial charge is 0.478 e. The van der Waals surface area contributed by atoms with Crippen LogP contribution < -0.4 is 0 Å². The lowest BCUT2D eigenvalue weighted by atomic mass is 9.81. The summed E-state index contributed by atoms with van der Waals surface area (Å²) in [6, 6.07) is 12.4. The van der Waals surface area contributed by atoms with Gasteiger partial charge in [0.2, 0.25) is 0 Å². The third kappa shape index (κ3) is 3.85. The smallest absolute Gasteiger partial charge is 0.335 e. The SMILES string of the molecule is CC1(C)CCSc2ccc(C(=O)/C=C/c3ccc(C(=O)O)cc3)cc21. The molecule has 0 saturated heterocycles. The molecule has 0 aromatic heterocycles. The van der Waals surface area contributed by atoms with Gasteiger partial charge in [0.05, 0.1) is 5.56 Å². The first kappa shape index (κ1) is 17.5. The first-order chi connectivity index (χ1) is 11.9. The summed E-state index contributed by atoms with van der Waals surface area (Å²) >= 11 is 1.85. The third-order valence-corrected chi connectivity index (χ3v) is 5.64. The van der Waals surface area contributed by atoms with E-state index in [1.54, 1.807) is 24.3 Å². The molecule has 128 valence electrons. The predicted octanol–water partition coefficient (Wildman–Crippen LogP) is 5.05. The van der Waals surface area contributed by atoms with E-state index in [2.05, 4.69) is 13.8 Å². The van der Waals surface area contributed by atoms with E-state index >= 15 is 0 Å². The van der Waals surface area contributed by atoms with E-state index in [0.29, 0.717) is 5.56 Å². The minimum atomic E-state index is -0.957. The zero-order valence-electron chi connectivity index (χ0n) is 14.3. The molecule has 0 radical (unpaired) electrons. The topological polar surface area (TPSA) is 54.4 Å². The van der Waals surface area contributed by atoms with E-state index in [-0.39, 0.29) is 16.8 Å². The molecular weight excluding hydrogens is 332 g/mol. The first-order valence-corrected chi connectivity index (χ1v) is 9.18. The van der Waals surface area contributed by atoms with Crippen LogP contribution in [0, 0.1) is 0 Å². The summed E-state index contributed by atoms with van der Waals surface area (Å²) in [7, 11) is 0. The average Bonchev–Trinajstić information content (AvgIpc) is 2.59. The van der Waals surface area contributed by atoms with Gasteiger partial charge >= 0.3 is 5.97 Å². The standard InChI is InChI=1S/C21H20O3S/c1-21(2)11-12-25-19-10-8-16(13-17(19)21)18(22)9-5-14-3-6-15(7-4-14)20(23)24/h3-10,13H,11-12H2,1-2H3,(H,23,24)/b9-5+. The van der Waals surface area contributed by atoms with Gasteiger partial charge in [0, 0.05) is 10.5 Å². The van der Waals surface area contributed by atoms with Crippen molar-refractivity contribution in [1.29, 1.82) is 0 Å². The Morgan fingerprint density at radius 3 is 2.44 bits per heavy atom. The van der Waals surface area contributed by atoms with Crippen LogP contribution in [0.1, 0.15) is 52.1 Å². The minimum absolute atomic E-state index is 0.0449. The Balaban J connectivity index is 1.80. The molecule has 0 aliphatic carbocycles. The average molecular weight is 352 g/mol. The van der Waals surface area contributed by atoms with Gasteiger partial charge in [0.15, 0.2) is 5.78 Å². The van der Waals surface area contributed by atoms with Gasteiger partial charge in [-0.2, -0.15) is 0 Å². The molecule has 0 fully saturated rings. The van der Waals surface area contributed by atoms with Crippen LogP contribution in [0.3, 0.4) is 0 Å². The van der Waals surface area contributed by atoms with Gasteiger partial charge in [-0.25, -0.2) is 4.79 Å². The van der Waals surface area contributed by atoms with E-state index in [4.69, 9.17) is 5.11 Å². The van der Waals surface area contributed by atoms with Crippen LogP contribution in [0.15, 0.2) is 53.4 Å². The highest BCUT2D eigenvalue weighted by molar-refractivity contribution is 7.99. The van der Waals surface area contributed by atoms with Crippen LogP contribution in [0.2, 0.25) is 0 Å². The number of carbonyl (C=O) groups excluding carboxylic acids is 1. The molecule has 0 unspecified atom stereocenters. The van der Waals surface area contributed by atoms with Gasteiger partial charge in [-0.1, -0.05) is 32.1 Å². The van der Waals surface area contributed by atoms with Crippen LogP contribution in [-0.4, -0.2) is 22.6 Å². The molecule has 3 rings (SSSR count). The summed E-state index contributed by atoms with van der Waals surface area (Å²) in [5, 5.41) is 8.91. The summed E-state index contributed by atoms with van der Waals surface area (Å²) in [6.07, 6.45) is 4.36. The number of carbonyl (C=O) groups is 2. The van der Waals surface area contributed by atoms with Crippen molar-refractivity contribution in [1.82, 2.24) is 0 Å². The molecular formula is C21H20O3S. The quantitative estimate of drug-likeness (QED) is 0.618. The molecule has 4 heteroatoms. The molecule has 2 aromatic carbocycles. The fourth-order valence-electron chi connectivity index (χ4n) is 2.89. The summed E-state index contributed by atoms with van der Waals surface area (Å²) in [5.41, 5.74) is 3.06. The number of ketones is 1. The monoisotopic (exact) mass is 352 g/mol. The second-order valence-electron chi connectivity index (χ2n) is 6.82. The zero-order valence-corrected chi connectivity index (χ0v) is 15.1. The first-order valence-electron chi connectivity index (χ1n) is 8.20. The minimum Gasteiger partial charge on any atom is -0.478 e. The van der Waals surface area contributed by atoms with Gasteiger partial charge < -0.3 is 5.11 Å². The number of thioether (sulfide) groups is 1. The third-order valence-electron chi connectivity index (χ3n) is 4.56. The van der Waals surface area contributed by atoms with Crippen molar-refractivity contribution >= 4 is 29.6 Å². The van der Waals surface area contributed by atoms with Gasteiger partial charge in [-0.3, -0.25) is 4.79 Å². The maximum absolute atomic E-state index is 12.5. The van der Waals surface area contributed by atoms with Crippen molar-refractivity contribution in [2.24, 2.45) is 0 Å². The number of carboxylic acids is 1. The maximum atomic E-state index is 12.5. The molecule has 0 atom stereocenters. The van der Waals surface area contributed by atoms with E-state index < -0.39 is 5.97 Å². The van der Waals surface area contributed by atoms with E-state index in [1.165, 1.54) is 22.6 Å². The summed E-state index contributed by atoms with van der Waals surface area (Å²) in [6.45, 7) is 4.44. The zero-order chi connectivity index (χ0) is 18.0. The van der Waals surface area contributed by atoms with E-state index in [1.807, 2.05) is 30.0 Å². The normalized spacial score (nSPS) is 15.8. The number of rotatable bonds is 4. The predicted molar refractivity (Wildman–Crippen MR) is 102 cm³/mol. The maximum Gasteiger partial charge on any atom is 0.335 e. The molecule has 0 spiro atoms. The number of aromatic carboxylic acids is 1. The highest BCUT2D eigenvalue weighted by Crippen LogP contribution is 2.41. The Morgan fingerprint density at radius 2 is 1.76 bits per heavy atom. The van der Waals surface area contributed by atoms with Crippen molar-refractivity contribution < 1.29 is 14.7 Å². The van der Waals surface area contributed by atoms with Crippen LogP contribution in [0.25, 0.3) is 6.08 Å². The Morgan fingerprint density at radius 1 is 1.08 bits per heavy atom. The molecule has 1 heterocycles. The molecule has 3 nitrogen and oxygen atoms in total. The summed E-state index contributed by atoms with van der Waals surface area (Å²) in [4.78, 5) is 24.6. The molecule has 1 aliphatic rings. The second kappa shape index (κ2) is 6.89. The van der Waals surface area contributed by atoms with Gasteiger partial charge in [-0.15, -0.1) is 11.8 Å². The second-order valence-corrected chi connectivity index (χ2v) is 7.95. The van der Waals surface area contributed by atoms with Crippen molar-refractivity contribution in [2.45, 2.75) is 30.6 Å². The van der Waals surface area contributed by atoms with Crippen LogP contribution in [0.5, 0.6) is 0 Å². The van der Waals surface area contributed by atoms with Gasteiger partial charge in [-0.05, 0) is 65.1 Å². The van der Waals surface area contributed by atoms with E-state index in [9.17, 15) is 9.59 Å². The number of allylic oxidation sites excluding steroid dienone is 1. The Hall–Kier alpha value is -2.33. The molecule has 0 bridgehead atoms. The summed E-state index contributed by atoms with van der Waals surface area (Å²) < 4.78 is 0. The fourth-order valence-corrected chi connectivity index (χ4v) is 4.38. The van der Waals surface area contributed by atoms with Gasteiger partial charge in [0.25, 0.3) is 0 Å². The van der Waals surface area contributed by atoms with Crippen LogP contribution >= 0.6 is 11.8 Å². The lowest BCUT2D eigenvalue weighted by molar-refractivity contribution is 0.0696. The van der Waals surface area contributed by atoms with Crippen LogP contribution in [-0.2, 0) is 5.41 Å². The van der Waals surface area contributed by atoms with Crippen molar-refractivity contribution in [3.05, 3.63) is 70.8 Å². The number of benzene rings is 2. The molecule has 1 N–H and O–H groups in total. The Kier molecular flexibility index (Phi) is 4.82. The highest BCUT2D eigenvalue weighted by Gasteiger charge is 2.28. The van der Waals surface area contributed by atoms with Crippen molar-refractivity contribution in [3.8, 4) is 0 Å². The molecule has 25 heavy (non-hydrogen) atoms. The number of fused-ring (bicyclic) bond motifs is 1. The Labute approximate surface area is 151 Å². The number of carboxylic acid groups (broad SMARTS) is 1. The van der Waals surface area contributed by atoms with Crippen molar-refractivity contribution in [3.63, 3.8) is 0 Å². The van der Waals surface area contributed by atoms with Crippen molar-refractivity contribution in [2.75, 3.05) is 5.75 Å². The molecule has 1 aliphatic heterocycles. The lowest BCUT2D eigenvalue weighted by Crippen LogP contribution is -2.23.